The Morgan fingerprint density at radius 2 is 1.97 bits per heavy atom. The van der Waals surface area contributed by atoms with E-state index in [2.05, 4.69) is 32.6 Å². The molecule has 174 valence electrons. The predicted molar refractivity (Wildman–Crippen MR) is 116 cm³/mol. The molecule has 1 saturated heterocycles. The van der Waals surface area contributed by atoms with E-state index >= 15 is 0 Å². The van der Waals surface area contributed by atoms with Gasteiger partial charge in [0.25, 0.3) is 5.91 Å². The number of ether oxygens (including phenoxy) is 2. The Morgan fingerprint density at radius 1 is 1.19 bits per heavy atom. The van der Waals surface area contributed by atoms with Crippen LogP contribution in [-0.2, 0) is 23.1 Å². The lowest BCUT2D eigenvalue weighted by atomic mass is 10.0. The van der Waals surface area contributed by atoms with Crippen LogP contribution in [0, 0.1) is 0 Å². The van der Waals surface area contributed by atoms with Gasteiger partial charge in [-0.05, 0) is 32.4 Å². The summed E-state index contributed by atoms with van der Waals surface area (Å²) in [5.41, 5.74) is 2.05. The highest BCUT2D eigenvalue weighted by atomic mass is 16.6. The second kappa shape index (κ2) is 9.70. The Kier molecular flexibility index (Phi) is 6.75. The van der Waals surface area contributed by atoms with Gasteiger partial charge < -0.3 is 24.6 Å². The molecule has 2 N–H and O–H groups in total. The van der Waals surface area contributed by atoms with Crippen LogP contribution in [-0.4, -0.2) is 88.2 Å². The summed E-state index contributed by atoms with van der Waals surface area (Å²) in [6.45, 7) is 3.50. The monoisotopic (exact) mass is 445 g/mol. The van der Waals surface area contributed by atoms with Crippen molar-refractivity contribution in [1.82, 2.24) is 29.8 Å². The number of carbonyl (C=O) groups excluding carboxylic acids is 2. The first kappa shape index (κ1) is 22.3. The van der Waals surface area contributed by atoms with E-state index in [1.165, 1.54) is 4.68 Å². The number of amides is 2. The highest BCUT2D eigenvalue weighted by Gasteiger charge is 2.32. The lowest BCUT2D eigenvalue weighted by Gasteiger charge is -2.32. The molecule has 11 nitrogen and oxygen atoms in total. The first-order chi connectivity index (χ1) is 15.4. The Labute approximate surface area is 187 Å². The fraction of sp³-hybridized carbons (Fsp3) is 0.619. The van der Waals surface area contributed by atoms with Crippen LogP contribution in [0.25, 0.3) is 0 Å². The Balaban J connectivity index is 1.29. The van der Waals surface area contributed by atoms with E-state index in [1.807, 2.05) is 6.07 Å². The molecule has 0 spiro atoms. The van der Waals surface area contributed by atoms with Crippen molar-refractivity contribution in [3.05, 3.63) is 29.2 Å². The molecule has 0 bridgehead atoms. The van der Waals surface area contributed by atoms with Gasteiger partial charge in [0.05, 0.1) is 12.3 Å². The van der Waals surface area contributed by atoms with E-state index in [-0.39, 0.29) is 24.0 Å². The van der Waals surface area contributed by atoms with Gasteiger partial charge in [-0.1, -0.05) is 0 Å². The number of aromatic amines is 1. The molecule has 4 rings (SSSR count). The second-order valence-corrected chi connectivity index (χ2v) is 8.55. The highest BCUT2D eigenvalue weighted by molar-refractivity contribution is 6.02. The maximum atomic E-state index is 12.6. The van der Waals surface area contributed by atoms with Gasteiger partial charge in [-0.25, -0.2) is 4.79 Å². The predicted octanol–water partition coefficient (Wildman–Crippen LogP) is 1.56. The van der Waals surface area contributed by atoms with Gasteiger partial charge in [-0.3, -0.25) is 14.6 Å². The molecule has 2 aromatic heterocycles. The highest BCUT2D eigenvalue weighted by Crippen LogP contribution is 2.36. The van der Waals surface area contributed by atoms with Crippen LogP contribution in [0.15, 0.2) is 12.1 Å². The zero-order chi connectivity index (χ0) is 22.7. The van der Waals surface area contributed by atoms with Crippen molar-refractivity contribution in [2.75, 3.05) is 45.7 Å². The van der Waals surface area contributed by atoms with E-state index in [0.717, 1.165) is 38.0 Å². The maximum absolute atomic E-state index is 12.6. The van der Waals surface area contributed by atoms with Crippen molar-refractivity contribution in [3.63, 3.8) is 0 Å². The average molecular weight is 446 g/mol. The second-order valence-electron chi connectivity index (χ2n) is 8.55. The Bertz CT molecular complexity index is 948. The minimum absolute atomic E-state index is 0.0952. The molecule has 2 amide bonds. The molecule has 32 heavy (non-hydrogen) atoms. The minimum Gasteiger partial charge on any atom is -0.446 e. The molecule has 0 aromatic carbocycles. The summed E-state index contributed by atoms with van der Waals surface area (Å²) < 4.78 is 12.3. The summed E-state index contributed by atoms with van der Waals surface area (Å²) in [5, 5.41) is 14.3. The molecule has 2 fully saturated rings. The van der Waals surface area contributed by atoms with Crippen molar-refractivity contribution in [2.45, 2.75) is 37.9 Å². The van der Waals surface area contributed by atoms with Gasteiger partial charge >= 0.3 is 6.09 Å². The van der Waals surface area contributed by atoms with E-state index in [0.29, 0.717) is 36.9 Å². The van der Waals surface area contributed by atoms with Crippen molar-refractivity contribution in [2.24, 2.45) is 7.05 Å². The number of rotatable bonds is 6. The first-order valence-electron chi connectivity index (χ1n) is 11.0. The number of methoxy groups -OCH3 is 1. The number of nitrogens with one attached hydrogen (secondary N) is 2. The van der Waals surface area contributed by atoms with Gasteiger partial charge in [0.2, 0.25) is 0 Å². The number of aromatic nitrogens is 4. The number of carbonyl (C=O) groups is 2. The summed E-state index contributed by atoms with van der Waals surface area (Å²) in [7, 11) is 5.35. The standard InChI is InChI=1S/C21H31N7O4/c1-26-6-8-28(9-7-26)21(30)32-16-5-4-14(10-16)17-12-19(24-23-17)22-20(29)18-11-15(13-31-3)25-27(18)2/h11-12,14,16H,4-10,13H2,1-3H3,(H2,22,23,24,29)/t14-,16+/m0/s1. The topological polar surface area (TPSA) is 118 Å². The van der Waals surface area contributed by atoms with E-state index in [9.17, 15) is 9.59 Å². The largest absolute Gasteiger partial charge is 0.446 e. The molecule has 11 heteroatoms. The molecule has 2 aliphatic rings. The number of H-pyrrole nitrogens is 1. The molecule has 1 aliphatic heterocycles. The van der Waals surface area contributed by atoms with E-state index in [4.69, 9.17) is 9.47 Å². The number of hydrogen-bond donors (Lipinski definition) is 2. The Morgan fingerprint density at radius 3 is 2.72 bits per heavy atom. The van der Waals surface area contributed by atoms with Gasteiger partial charge in [0.1, 0.15) is 11.8 Å². The van der Waals surface area contributed by atoms with Gasteiger partial charge in [0, 0.05) is 58.0 Å². The molecule has 1 saturated carbocycles. The van der Waals surface area contributed by atoms with E-state index in [1.54, 1.807) is 25.1 Å². The summed E-state index contributed by atoms with van der Waals surface area (Å²) in [5.74, 6) is 0.381. The molecule has 1 aliphatic carbocycles. The number of likely N-dealkylation sites (N-methyl/N-ethyl adjacent to an activating group) is 1. The number of hydrogen-bond acceptors (Lipinski definition) is 7. The van der Waals surface area contributed by atoms with Crippen molar-refractivity contribution in [1.29, 1.82) is 0 Å². The van der Waals surface area contributed by atoms with Crippen molar-refractivity contribution in [3.8, 4) is 0 Å². The third-order valence-electron chi connectivity index (χ3n) is 6.15. The molecule has 0 unspecified atom stereocenters. The Hall–Kier alpha value is -2.92. The summed E-state index contributed by atoms with van der Waals surface area (Å²) >= 11 is 0. The van der Waals surface area contributed by atoms with Crippen molar-refractivity contribution >= 4 is 17.8 Å². The number of nitrogens with zero attached hydrogens (tertiary/aromatic N) is 5. The van der Waals surface area contributed by atoms with Crippen LogP contribution in [0.2, 0.25) is 0 Å². The molecule has 2 atom stereocenters. The van der Waals surface area contributed by atoms with Gasteiger partial charge in [0.15, 0.2) is 5.82 Å². The summed E-state index contributed by atoms with van der Waals surface area (Å²) in [6, 6.07) is 3.54. The lowest BCUT2D eigenvalue weighted by Crippen LogP contribution is -2.47. The molecule has 2 aromatic rings. The molecule has 3 heterocycles. The third-order valence-corrected chi connectivity index (χ3v) is 6.15. The SMILES string of the molecule is COCc1cc(C(=O)Nc2cc([C@H]3CC[C@@H](OC(=O)N4CCN(C)CC4)C3)[nH]n2)n(C)n1. The number of aryl methyl sites for hydroxylation is 1. The quantitative estimate of drug-likeness (QED) is 0.693. The smallest absolute Gasteiger partial charge is 0.410 e. The van der Waals surface area contributed by atoms with Crippen LogP contribution in [0.4, 0.5) is 10.6 Å². The van der Waals surface area contributed by atoms with Crippen molar-refractivity contribution < 1.29 is 19.1 Å². The average Bonchev–Trinajstić information content (AvgIpc) is 3.49. The van der Waals surface area contributed by atoms with Gasteiger partial charge in [-0.2, -0.15) is 10.2 Å². The van der Waals surface area contributed by atoms with Crippen LogP contribution in [0.3, 0.4) is 0 Å². The zero-order valence-electron chi connectivity index (χ0n) is 18.8. The third kappa shape index (κ3) is 5.10. The van der Waals surface area contributed by atoms with Crippen LogP contribution in [0.1, 0.15) is 47.1 Å². The zero-order valence-corrected chi connectivity index (χ0v) is 18.8. The number of piperazine rings is 1. The van der Waals surface area contributed by atoms with Crippen LogP contribution >= 0.6 is 0 Å². The maximum Gasteiger partial charge on any atom is 0.410 e. The van der Waals surface area contributed by atoms with Crippen LogP contribution in [0.5, 0.6) is 0 Å². The van der Waals surface area contributed by atoms with E-state index < -0.39 is 0 Å². The van der Waals surface area contributed by atoms with Crippen LogP contribution < -0.4 is 5.32 Å². The van der Waals surface area contributed by atoms with Gasteiger partial charge in [-0.15, -0.1) is 0 Å². The summed E-state index contributed by atoms with van der Waals surface area (Å²) in [6.07, 6.45) is 2.16. The summed E-state index contributed by atoms with van der Waals surface area (Å²) in [4.78, 5) is 29.0. The fourth-order valence-electron chi connectivity index (χ4n) is 4.28. The lowest BCUT2D eigenvalue weighted by molar-refractivity contribution is 0.0512. The fourth-order valence-corrected chi connectivity index (χ4v) is 4.28. The first-order valence-corrected chi connectivity index (χ1v) is 11.0. The molecular weight excluding hydrogens is 414 g/mol. The minimum atomic E-state index is -0.286. The normalized spacial score (nSPS) is 21.7. The molecular formula is C21H31N7O4. The number of anilines is 1. The molecule has 0 radical (unpaired) electrons.